The van der Waals surface area contributed by atoms with Crippen molar-refractivity contribution in [1.82, 2.24) is 10.2 Å². The lowest BCUT2D eigenvalue weighted by Crippen LogP contribution is -2.47. The fraction of sp³-hybridized carbons (Fsp3) is 0.875. The van der Waals surface area contributed by atoms with Crippen LogP contribution in [0.5, 0.6) is 0 Å². The van der Waals surface area contributed by atoms with E-state index in [1.807, 2.05) is 0 Å². The van der Waals surface area contributed by atoms with Crippen LogP contribution >= 0.6 is 24.0 Å². The molecule has 0 aliphatic carbocycles. The van der Waals surface area contributed by atoms with E-state index in [1.54, 1.807) is 0 Å². The van der Waals surface area contributed by atoms with Crippen LogP contribution in [0.4, 0.5) is 0 Å². The second-order valence-corrected chi connectivity index (χ2v) is 6.40. The van der Waals surface area contributed by atoms with Gasteiger partial charge in [-0.15, -0.1) is 24.0 Å². The maximum atomic E-state index is 11.1. The molecule has 1 aliphatic rings. The Morgan fingerprint density at radius 3 is 2.77 bits per heavy atom. The van der Waals surface area contributed by atoms with Crippen LogP contribution in [0, 0.1) is 11.8 Å². The highest BCUT2D eigenvalue weighted by Crippen LogP contribution is 2.19. The van der Waals surface area contributed by atoms with Crippen LogP contribution in [0.3, 0.4) is 0 Å². The zero-order valence-electron chi connectivity index (χ0n) is 14.3. The first-order valence-corrected chi connectivity index (χ1v) is 8.34. The molecule has 1 rings (SSSR count). The molecule has 1 unspecified atom stereocenters. The van der Waals surface area contributed by atoms with Crippen molar-refractivity contribution < 1.29 is 4.79 Å². The summed E-state index contributed by atoms with van der Waals surface area (Å²) in [6, 6.07) is 0. The minimum Gasteiger partial charge on any atom is -0.370 e. The number of carbonyl (C=O) groups excluding carboxylic acids is 1. The molecule has 1 aliphatic heterocycles. The van der Waals surface area contributed by atoms with Gasteiger partial charge in [-0.2, -0.15) is 0 Å². The minimum atomic E-state index is -0.194. The molecular weight excluding hydrogens is 391 g/mol. The number of piperidine rings is 1. The van der Waals surface area contributed by atoms with E-state index in [9.17, 15) is 4.79 Å². The number of hydrogen-bond donors (Lipinski definition) is 2. The summed E-state index contributed by atoms with van der Waals surface area (Å²) in [5.74, 6) is 1.91. The third-order valence-corrected chi connectivity index (χ3v) is 3.84. The first-order valence-electron chi connectivity index (χ1n) is 8.34. The van der Waals surface area contributed by atoms with Gasteiger partial charge in [-0.1, -0.05) is 13.8 Å². The van der Waals surface area contributed by atoms with Crippen molar-refractivity contribution >= 4 is 35.8 Å². The molecule has 0 aromatic carbocycles. The molecule has 1 atom stereocenters. The van der Waals surface area contributed by atoms with E-state index in [0.717, 1.165) is 57.3 Å². The van der Waals surface area contributed by atoms with Gasteiger partial charge in [-0.05, 0) is 44.4 Å². The Balaban J connectivity index is 0.00000441. The molecule has 1 heterocycles. The number of primary amides is 1. The molecule has 22 heavy (non-hydrogen) atoms. The van der Waals surface area contributed by atoms with E-state index in [-0.39, 0.29) is 29.9 Å². The number of guanidine groups is 1. The molecule has 3 N–H and O–H groups in total. The van der Waals surface area contributed by atoms with Gasteiger partial charge in [-0.3, -0.25) is 9.79 Å². The average molecular weight is 424 g/mol. The van der Waals surface area contributed by atoms with Crippen LogP contribution < -0.4 is 11.1 Å². The Kier molecular flexibility index (Phi) is 11.7. The number of halogens is 1. The maximum Gasteiger partial charge on any atom is 0.217 e. The number of nitrogens with one attached hydrogen (secondary N) is 1. The third kappa shape index (κ3) is 8.80. The summed E-state index contributed by atoms with van der Waals surface area (Å²) >= 11 is 0. The van der Waals surface area contributed by atoms with Crippen molar-refractivity contribution in [2.24, 2.45) is 22.6 Å². The van der Waals surface area contributed by atoms with Gasteiger partial charge >= 0.3 is 0 Å². The molecule has 0 radical (unpaired) electrons. The Hall–Kier alpha value is -0.530. The van der Waals surface area contributed by atoms with Crippen LogP contribution in [0.2, 0.25) is 0 Å². The van der Waals surface area contributed by atoms with Gasteiger partial charge < -0.3 is 16.0 Å². The number of hydrogen-bond acceptors (Lipinski definition) is 2. The van der Waals surface area contributed by atoms with Gasteiger partial charge in [0.15, 0.2) is 5.96 Å². The molecule has 1 amide bonds. The zero-order chi connectivity index (χ0) is 15.7. The molecule has 1 saturated heterocycles. The number of nitrogens with zero attached hydrogens (tertiary/aromatic N) is 2. The molecule has 6 heteroatoms. The number of likely N-dealkylation sites (tertiary alicyclic amines) is 1. The van der Waals surface area contributed by atoms with E-state index in [1.165, 1.54) is 6.42 Å². The lowest BCUT2D eigenvalue weighted by molar-refractivity contribution is -0.119. The average Bonchev–Trinajstić information content (AvgIpc) is 2.41. The number of amides is 1. The molecule has 5 nitrogen and oxygen atoms in total. The number of carbonyl (C=O) groups is 1. The summed E-state index contributed by atoms with van der Waals surface area (Å²) in [4.78, 5) is 18.1. The molecule has 0 aromatic rings. The monoisotopic (exact) mass is 424 g/mol. The highest BCUT2D eigenvalue weighted by molar-refractivity contribution is 14.0. The van der Waals surface area contributed by atoms with Gasteiger partial charge in [-0.25, -0.2) is 0 Å². The molecule has 0 bridgehead atoms. The molecule has 0 aromatic heterocycles. The topological polar surface area (TPSA) is 70.7 Å². The van der Waals surface area contributed by atoms with E-state index >= 15 is 0 Å². The molecule has 0 saturated carbocycles. The first-order chi connectivity index (χ1) is 10.0. The van der Waals surface area contributed by atoms with Gasteiger partial charge in [0.25, 0.3) is 0 Å². The number of nitrogens with two attached hydrogens (primary N) is 1. The van der Waals surface area contributed by atoms with Crippen molar-refractivity contribution in [3.05, 3.63) is 0 Å². The SMILES string of the molecule is CCNC(=NCCCC(C)C)N1CCCC(CC(N)=O)C1.I. The Morgan fingerprint density at radius 2 is 2.18 bits per heavy atom. The van der Waals surface area contributed by atoms with Crippen LogP contribution in [-0.2, 0) is 4.79 Å². The Labute approximate surface area is 152 Å². The first kappa shape index (κ1) is 21.5. The summed E-state index contributed by atoms with van der Waals surface area (Å²) in [6.45, 7) is 10.2. The summed E-state index contributed by atoms with van der Waals surface area (Å²) in [6.07, 6.45) is 5.03. The minimum absolute atomic E-state index is 0. The third-order valence-electron chi connectivity index (χ3n) is 3.84. The van der Waals surface area contributed by atoms with Crippen molar-refractivity contribution in [2.45, 2.75) is 52.9 Å². The Morgan fingerprint density at radius 1 is 1.45 bits per heavy atom. The number of rotatable bonds is 7. The molecule has 0 spiro atoms. The lowest BCUT2D eigenvalue weighted by atomic mass is 9.95. The standard InChI is InChI=1S/C16H32N4O.HI/c1-4-18-16(19-9-5-7-13(2)3)20-10-6-8-14(12-20)11-15(17)21;/h13-14H,4-12H2,1-3H3,(H2,17,21)(H,18,19);1H. The summed E-state index contributed by atoms with van der Waals surface area (Å²) in [5, 5.41) is 3.37. The quantitative estimate of drug-likeness (QED) is 0.286. The lowest BCUT2D eigenvalue weighted by Gasteiger charge is -2.34. The van der Waals surface area contributed by atoms with Crippen molar-refractivity contribution in [2.75, 3.05) is 26.2 Å². The van der Waals surface area contributed by atoms with Crippen LogP contribution in [0.15, 0.2) is 4.99 Å². The molecule has 1 fully saturated rings. The maximum absolute atomic E-state index is 11.1. The van der Waals surface area contributed by atoms with Crippen molar-refractivity contribution in [1.29, 1.82) is 0 Å². The fourth-order valence-corrected chi connectivity index (χ4v) is 2.82. The fourth-order valence-electron chi connectivity index (χ4n) is 2.82. The van der Waals surface area contributed by atoms with Crippen LogP contribution in [0.25, 0.3) is 0 Å². The second-order valence-electron chi connectivity index (χ2n) is 6.40. The summed E-state index contributed by atoms with van der Waals surface area (Å²) < 4.78 is 0. The van der Waals surface area contributed by atoms with Gasteiger partial charge in [0.1, 0.15) is 0 Å². The highest BCUT2D eigenvalue weighted by atomic mass is 127. The predicted octanol–water partition coefficient (Wildman–Crippen LogP) is 2.59. The van der Waals surface area contributed by atoms with E-state index in [2.05, 4.69) is 31.0 Å². The molecular formula is C16H33IN4O. The van der Waals surface area contributed by atoms with Crippen molar-refractivity contribution in [3.8, 4) is 0 Å². The van der Waals surface area contributed by atoms with E-state index in [0.29, 0.717) is 12.3 Å². The van der Waals surface area contributed by atoms with Crippen molar-refractivity contribution in [3.63, 3.8) is 0 Å². The van der Waals surface area contributed by atoms with E-state index < -0.39 is 0 Å². The summed E-state index contributed by atoms with van der Waals surface area (Å²) in [5.41, 5.74) is 5.33. The highest BCUT2D eigenvalue weighted by Gasteiger charge is 2.23. The summed E-state index contributed by atoms with van der Waals surface area (Å²) in [7, 11) is 0. The Bertz CT molecular complexity index is 347. The zero-order valence-corrected chi connectivity index (χ0v) is 16.6. The predicted molar refractivity (Wildman–Crippen MR) is 104 cm³/mol. The smallest absolute Gasteiger partial charge is 0.217 e. The van der Waals surface area contributed by atoms with Gasteiger partial charge in [0.2, 0.25) is 5.91 Å². The normalized spacial score (nSPS) is 19.0. The molecule has 130 valence electrons. The number of aliphatic imine (C=N–C) groups is 1. The van der Waals surface area contributed by atoms with Gasteiger partial charge in [0.05, 0.1) is 0 Å². The second kappa shape index (κ2) is 12.0. The van der Waals surface area contributed by atoms with Crippen LogP contribution in [-0.4, -0.2) is 42.9 Å². The van der Waals surface area contributed by atoms with Gasteiger partial charge in [0, 0.05) is 32.6 Å². The largest absolute Gasteiger partial charge is 0.370 e. The van der Waals surface area contributed by atoms with Crippen LogP contribution in [0.1, 0.15) is 52.9 Å². The van der Waals surface area contributed by atoms with E-state index in [4.69, 9.17) is 10.7 Å².